The van der Waals surface area contributed by atoms with Crippen molar-refractivity contribution < 1.29 is 0 Å². The number of aryl methyl sites for hydroxylation is 1. The number of benzene rings is 6. The molecule has 6 aromatic carbocycles. The molecule has 0 atom stereocenters. The molecule has 51 heavy (non-hydrogen) atoms. The third-order valence-electron chi connectivity index (χ3n) is 10.8. The molecule has 0 heterocycles. The molecule has 0 amide bonds. The zero-order valence-corrected chi connectivity index (χ0v) is 32.4. The predicted octanol–water partition coefficient (Wildman–Crippen LogP) is 12.5. The van der Waals surface area contributed by atoms with Crippen molar-refractivity contribution in [2.45, 2.75) is 72.6 Å². The summed E-state index contributed by atoms with van der Waals surface area (Å²) in [6.07, 6.45) is 10.2. The van der Waals surface area contributed by atoms with Gasteiger partial charge in [-0.2, -0.15) is 0 Å². The number of allylic oxidation sites excluding steroid dienone is 4. The van der Waals surface area contributed by atoms with Crippen molar-refractivity contribution in [3.63, 3.8) is 0 Å². The highest BCUT2D eigenvalue weighted by atomic mass is 35.5. The normalized spacial score (nSPS) is 13.8. The van der Waals surface area contributed by atoms with Crippen LogP contribution in [0.1, 0.15) is 92.5 Å². The molecule has 0 aliphatic heterocycles. The Bertz CT molecular complexity index is 2670. The van der Waals surface area contributed by atoms with Gasteiger partial charge in [-0.3, -0.25) is 0 Å². The van der Waals surface area contributed by atoms with Gasteiger partial charge in [0.1, 0.15) is 0 Å². The third kappa shape index (κ3) is 5.60. The van der Waals surface area contributed by atoms with Crippen LogP contribution >= 0.6 is 23.2 Å². The standard InChI is InChI=1S/C49H44Cl2/c1-28-21-33-24-41-43(30-15-9-10-16-30)29(2)47(49(6,7)8)46(44(41)38(33)27-42(28)48(3,4)5)45(39-25-34(50)22-31-17-11-13-19-36(31)39)40-26-35(51)23-32-18-12-14-20-37(32)40/h9-15,17-27H,16H2,1-8H3. The Labute approximate surface area is 311 Å². The van der Waals surface area contributed by atoms with Gasteiger partial charge in [0.2, 0.25) is 0 Å². The van der Waals surface area contributed by atoms with E-state index in [9.17, 15) is 0 Å². The van der Waals surface area contributed by atoms with Crippen molar-refractivity contribution in [2.24, 2.45) is 0 Å². The van der Waals surface area contributed by atoms with Crippen LogP contribution < -0.4 is 10.4 Å². The molecular weight excluding hydrogens is 659 g/mol. The van der Waals surface area contributed by atoms with Gasteiger partial charge in [0.15, 0.2) is 0 Å². The van der Waals surface area contributed by atoms with Crippen molar-refractivity contribution in [1.82, 2.24) is 0 Å². The Morgan fingerprint density at radius 2 is 1.27 bits per heavy atom. The topological polar surface area (TPSA) is 0 Å². The van der Waals surface area contributed by atoms with E-state index in [0.717, 1.165) is 38.4 Å². The lowest BCUT2D eigenvalue weighted by Gasteiger charge is -2.29. The van der Waals surface area contributed by atoms with Crippen LogP contribution in [0.2, 0.25) is 10.0 Å². The summed E-state index contributed by atoms with van der Waals surface area (Å²) < 4.78 is 0. The Hall–Kier alpha value is -4.36. The van der Waals surface area contributed by atoms with Gasteiger partial charge in [-0.15, -0.1) is 0 Å². The fraction of sp³-hybridized carbons (Fsp3) is 0.224. The largest absolute Gasteiger partial charge is 0.0843 e. The van der Waals surface area contributed by atoms with Crippen molar-refractivity contribution in [3.8, 4) is 0 Å². The second-order valence-corrected chi connectivity index (χ2v) is 17.4. The lowest BCUT2D eigenvalue weighted by Crippen LogP contribution is -2.30. The maximum atomic E-state index is 7.09. The molecule has 0 nitrogen and oxygen atoms in total. The highest BCUT2D eigenvalue weighted by Gasteiger charge is 2.30. The second-order valence-electron chi connectivity index (χ2n) is 16.5. The zero-order chi connectivity index (χ0) is 36.0. The number of rotatable bonds is 3. The molecule has 6 aromatic rings. The van der Waals surface area contributed by atoms with Crippen LogP contribution in [0, 0.1) is 24.3 Å². The van der Waals surface area contributed by atoms with E-state index in [-0.39, 0.29) is 10.8 Å². The Kier molecular flexibility index (Phi) is 8.02. The molecule has 8 rings (SSSR count). The Balaban J connectivity index is 1.79. The number of hydrogen-bond donors (Lipinski definition) is 0. The van der Waals surface area contributed by atoms with Crippen LogP contribution in [0.3, 0.4) is 0 Å². The quantitative estimate of drug-likeness (QED) is 0.172. The first-order chi connectivity index (χ1) is 24.2. The molecule has 0 saturated carbocycles. The summed E-state index contributed by atoms with van der Waals surface area (Å²) in [5.74, 6) is 0. The van der Waals surface area contributed by atoms with Gasteiger partial charge in [0.25, 0.3) is 0 Å². The monoisotopic (exact) mass is 702 g/mol. The molecule has 0 N–H and O–H groups in total. The minimum absolute atomic E-state index is 0.0147. The summed E-state index contributed by atoms with van der Waals surface area (Å²) >= 11 is 14.2. The molecule has 2 aliphatic carbocycles. The van der Waals surface area contributed by atoms with Gasteiger partial charge >= 0.3 is 0 Å². The van der Waals surface area contributed by atoms with E-state index in [1.54, 1.807) is 0 Å². The van der Waals surface area contributed by atoms with Gasteiger partial charge in [0.05, 0.1) is 0 Å². The number of fused-ring (bicyclic) bond motifs is 4. The maximum Gasteiger partial charge on any atom is 0.0418 e. The average molecular weight is 704 g/mol. The summed E-state index contributed by atoms with van der Waals surface area (Å²) in [7, 11) is 0. The van der Waals surface area contributed by atoms with E-state index in [4.69, 9.17) is 23.2 Å². The summed E-state index contributed by atoms with van der Waals surface area (Å²) in [5, 5.41) is 11.1. The molecule has 0 spiro atoms. The zero-order valence-electron chi connectivity index (χ0n) is 30.9. The highest BCUT2D eigenvalue weighted by Crippen LogP contribution is 2.41. The van der Waals surface area contributed by atoms with Gasteiger partial charge in [-0.05, 0) is 166 Å². The Morgan fingerprint density at radius 3 is 1.80 bits per heavy atom. The maximum absolute atomic E-state index is 7.09. The molecule has 0 unspecified atom stereocenters. The molecule has 2 aliphatic rings. The first kappa shape index (κ1) is 33.8. The van der Waals surface area contributed by atoms with E-state index in [1.165, 1.54) is 76.2 Å². The van der Waals surface area contributed by atoms with Crippen LogP contribution in [-0.4, -0.2) is 0 Å². The fourth-order valence-electron chi connectivity index (χ4n) is 8.96. The molecule has 0 bridgehead atoms. The predicted molar refractivity (Wildman–Crippen MR) is 222 cm³/mol. The van der Waals surface area contributed by atoms with Crippen molar-refractivity contribution >= 4 is 62.0 Å². The summed E-state index contributed by atoms with van der Waals surface area (Å²) in [6.45, 7) is 18.7. The second kappa shape index (κ2) is 12.1. The third-order valence-corrected chi connectivity index (χ3v) is 11.3. The van der Waals surface area contributed by atoms with Crippen molar-refractivity contribution in [2.75, 3.05) is 0 Å². The summed E-state index contributed by atoms with van der Waals surface area (Å²) in [5.41, 5.74) is 12.6. The summed E-state index contributed by atoms with van der Waals surface area (Å²) in [4.78, 5) is 0. The van der Waals surface area contributed by atoms with E-state index >= 15 is 0 Å². The first-order valence-corrected chi connectivity index (χ1v) is 18.8. The van der Waals surface area contributed by atoms with Crippen LogP contribution in [0.4, 0.5) is 0 Å². The van der Waals surface area contributed by atoms with E-state index in [2.05, 4.69) is 165 Å². The highest BCUT2D eigenvalue weighted by molar-refractivity contribution is 6.32. The van der Waals surface area contributed by atoms with Gasteiger partial charge < -0.3 is 0 Å². The van der Waals surface area contributed by atoms with Crippen LogP contribution in [0.5, 0.6) is 0 Å². The molecule has 254 valence electrons. The van der Waals surface area contributed by atoms with Crippen LogP contribution in [0.15, 0.2) is 103 Å². The van der Waals surface area contributed by atoms with Gasteiger partial charge in [0, 0.05) is 10.0 Å². The molecule has 0 aromatic heterocycles. The van der Waals surface area contributed by atoms with Crippen molar-refractivity contribution in [3.05, 3.63) is 179 Å². The van der Waals surface area contributed by atoms with E-state index in [0.29, 0.717) is 0 Å². The lowest BCUT2D eigenvalue weighted by molar-refractivity contribution is 0.580. The van der Waals surface area contributed by atoms with Crippen LogP contribution in [0.25, 0.3) is 38.8 Å². The van der Waals surface area contributed by atoms with Crippen LogP contribution in [-0.2, 0) is 10.8 Å². The average Bonchev–Trinajstić information content (AvgIpc) is 3.71. The molecule has 2 heteroatoms. The van der Waals surface area contributed by atoms with Gasteiger partial charge in [-0.1, -0.05) is 138 Å². The number of hydrogen-bond acceptors (Lipinski definition) is 0. The van der Waals surface area contributed by atoms with E-state index in [1.807, 2.05) is 0 Å². The van der Waals surface area contributed by atoms with Crippen molar-refractivity contribution in [1.29, 1.82) is 0 Å². The SMILES string of the molecule is Cc1cc2c(cc1C(C)(C)C)=c1c(c(C3=CC=CC3)c(C)c(C(C)(C)C)c1=C(c1cc(Cl)cc3ccccc13)c1cc(Cl)cc3ccccc13)C=2. The Morgan fingerprint density at radius 1 is 0.686 bits per heavy atom. The molecule has 0 fully saturated rings. The summed E-state index contributed by atoms with van der Waals surface area (Å²) in [6, 6.07) is 30.7. The minimum atomic E-state index is -0.204. The number of halogens is 2. The molecule has 0 radical (unpaired) electrons. The molecule has 0 saturated heterocycles. The molecular formula is C49H44Cl2. The minimum Gasteiger partial charge on any atom is -0.0843 e. The smallest absolute Gasteiger partial charge is 0.0418 e. The lowest BCUT2D eigenvalue weighted by atomic mass is 9.75. The first-order valence-electron chi connectivity index (χ1n) is 18.0. The van der Waals surface area contributed by atoms with E-state index < -0.39 is 0 Å². The van der Waals surface area contributed by atoms with Gasteiger partial charge in [-0.25, -0.2) is 0 Å². The fourth-order valence-corrected chi connectivity index (χ4v) is 9.42.